The second-order valence-corrected chi connectivity index (χ2v) is 6.00. The van der Waals surface area contributed by atoms with Crippen LogP contribution in [-0.2, 0) is 15.0 Å². The molecule has 0 spiro atoms. The number of carbonyl (C=O) groups excluding carboxylic acids is 1. The van der Waals surface area contributed by atoms with E-state index < -0.39 is 29.2 Å². The number of carbonyl (C=O) groups is 2. The molecule has 1 atom stereocenters. The number of allylic oxidation sites excluding steroid dienone is 1. The van der Waals surface area contributed by atoms with Gasteiger partial charge >= 0.3 is 5.97 Å². The molecule has 0 bridgehead atoms. The van der Waals surface area contributed by atoms with Gasteiger partial charge in [0.15, 0.2) is 0 Å². The topological polar surface area (TPSA) is 66.4 Å². The van der Waals surface area contributed by atoms with Gasteiger partial charge in [0.2, 0.25) is 5.91 Å². The molecule has 1 aliphatic carbocycles. The van der Waals surface area contributed by atoms with Crippen LogP contribution >= 0.6 is 0 Å². The molecule has 23 heavy (non-hydrogen) atoms. The van der Waals surface area contributed by atoms with Crippen LogP contribution in [-0.4, -0.2) is 23.0 Å². The number of aliphatic carboxylic acids is 1. The summed E-state index contributed by atoms with van der Waals surface area (Å²) in [7, 11) is 0. The number of carboxylic acids is 1. The van der Waals surface area contributed by atoms with Crippen molar-refractivity contribution in [2.45, 2.75) is 50.0 Å². The Hall–Kier alpha value is -2.17. The average Bonchev–Trinajstić information content (AvgIpc) is 3.02. The summed E-state index contributed by atoms with van der Waals surface area (Å²) in [5.74, 6) is -1.89. The molecule has 2 N–H and O–H groups in total. The van der Waals surface area contributed by atoms with Gasteiger partial charge in [0.1, 0.15) is 11.9 Å². The molecule has 1 unspecified atom stereocenters. The Morgan fingerprint density at radius 1 is 1.35 bits per heavy atom. The van der Waals surface area contributed by atoms with Gasteiger partial charge in [-0.25, -0.2) is 9.18 Å². The van der Waals surface area contributed by atoms with Gasteiger partial charge in [0.25, 0.3) is 0 Å². The maximum absolute atomic E-state index is 14.2. The van der Waals surface area contributed by atoms with Gasteiger partial charge in [-0.05, 0) is 31.7 Å². The predicted octanol–water partition coefficient (Wildman–Crippen LogP) is 3.17. The quantitative estimate of drug-likeness (QED) is 0.759. The van der Waals surface area contributed by atoms with Crippen LogP contribution in [0.5, 0.6) is 0 Å². The van der Waals surface area contributed by atoms with Crippen LogP contribution in [0.15, 0.2) is 36.9 Å². The summed E-state index contributed by atoms with van der Waals surface area (Å²) in [6.07, 6.45) is 5.10. The van der Waals surface area contributed by atoms with Crippen LogP contribution in [0.2, 0.25) is 0 Å². The van der Waals surface area contributed by atoms with E-state index in [4.69, 9.17) is 0 Å². The van der Waals surface area contributed by atoms with E-state index in [0.717, 1.165) is 12.8 Å². The molecule has 0 radical (unpaired) electrons. The number of halogens is 1. The zero-order valence-corrected chi connectivity index (χ0v) is 13.1. The number of benzene rings is 1. The van der Waals surface area contributed by atoms with Crippen molar-refractivity contribution in [1.29, 1.82) is 0 Å². The van der Waals surface area contributed by atoms with Crippen LogP contribution in [0, 0.1) is 5.82 Å². The third kappa shape index (κ3) is 3.60. The van der Waals surface area contributed by atoms with E-state index >= 15 is 0 Å². The van der Waals surface area contributed by atoms with E-state index in [-0.39, 0.29) is 6.42 Å². The van der Waals surface area contributed by atoms with Crippen molar-refractivity contribution in [3.63, 3.8) is 0 Å². The molecule has 124 valence electrons. The van der Waals surface area contributed by atoms with Gasteiger partial charge in [0.05, 0.1) is 5.41 Å². The summed E-state index contributed by atoms with van der Waals surface area (Å²) >= 11 is 0. The smallest absolute Gasteiger partial charge is 0.326 e. The van der Waals surface area contributed by atoms with Crippen molar-refractivity contribution in [2.24, 2.45) is 0 Å². The van der Waals surface area contributed by atoms with E-state index in [1.165, 1.54) is 6.07 Å². The molecular weight excluding hydrogens is 297 g/mol. The Labute approximate surface area is 135 Å². The average molecular weight is 319 g/mol. The molecule has 1 aliphatic rings. The Morgan fingerprint density at radius 2 is 2.00 bits per heavy atom. The number of hydrogen-bond donors (Lipinski definition) is 2. The maximum Gasteiger partial charge on any atom is 0.326 e. The minimum absolute atomic E-state index is 0.276. The Balaban J connectivity index is 2.27. The molecule has 1 aromatic rings. The van der Waals surface area contributed by atoms with Crippen LogP contribution in [0.4, 0.5) is 4.39 Å². The van der Waals surface area contributed by atoms with Gasteiger partial charge in [-0.3, -0.25) is 4.79 Å². The van der Waals surface area contributed by atoms with Crippen molar-refractivity contribution >= 4 is 11.9 Å². The first-order chi connectivity index (χ1) is 11.0. The summed E-state index contributed by atoms with van der Waals surface area (Å²) in [5.41, 5.74) is -0.601. The first kappa shape index (κ1) is 17.2. The summed E-state index contributed by atoms with van der Waals surface area (Å²) < 4.78 is 14.2. The van der Waals surface area contributed by atoms with Crippen molar-refractivity contribution in [1.82, 2.24) is 5.32 Å². The minimum Gasteiger partial charge on any atom is -0.480 e. The molecule has 5 heteroatoms. The van der Waals surface area contributed by atoms with Crippen LogP contribution < -0.4 is 5.32 Å². The number of nitrogens with one attached hydrogen (secondary N) is 1. The fourth-order valence-electron chi connectivity index (χ4n) is 3.28. The van der Waals surface area contributed by atoms with Gasteiger partial charge < -0.3 is 10.4 Å². The maximum atomic E-state index is 14.2. The number of amides is 1. The van der Waals surface area contributed by atoms with Crippen molar-refractivity contribution < 1.29 is 19.1 Å². The monoisotopic (exact) mass is 319 g/mol. The van der Waals surface area contributed by atoms with Gasteiger partial charge in [-0.15, -0.1) is 6.58 Å². The van der Waals surface area contributed by atoms with E-state index in [1.54, 1.807) is 24.3 Å². The number of rotatable bonds is 7. The molecule has 0 saturated heterocycles. The molecule has 0 aromatic heterocycles. The zero-order valence-electron chi connectivity index (χ0n) is 13.1. The summed E-state index contributed by atoms with van der Waals surface area (Å²) in [6, 6.07) is 5.28. The van der Waals surface area contributed by atoms with E-state index in [1.807, 2.05) is 0 Å². The molecule has 1 saturated carbocycles. The third-order valence-corrected chi connectivity index (χ3v) is 4.54. The van der Waals surface area contributed by atoms with Gasteiger partial charge in [-0.2, -0.15) is 0 Å². The SMILES string of the molecule is C=CCCC(NC(=O)C1(c2ccccc2F)CCCC1)C(=O)O. The third-order valence-electron chi connectivity index (χ3n) is 4.54. The largest absolute Gasteiger partial charge is 0.480 e. The minimum atomic E-state index is -1.08. The Bertz CT molecular complexity index is 594. The molecular formula is C18H22FNO3. The van der Waals surface area contributed by atoms with Crippen molar-refractivity contribution in [3.8, 4) is 0 Å². The van der Waals surface area contributed by atoms with Crippen LogP contribution in [0.1, 0.15) is 44.1 Å². The molecule has 0 aliphatic heterocycles. The van der Waals surface area contributed by atoms with E-state index in [9.17, 15) is 19.1 Å². The summed E-state index contributed by atoms with van der Waals surface area (Å²) in [4.78, 5) is 24.2. The zero-order chi connectivity index (χ0) is 16.9. The number of carboxylic acid groups (broad SMARTS) is 1. The van der Waals surface area contributed by atoms with Crippen LogP contribution in [0.3, 0.4) is 0 Å². The molecule has 1 fully saturated rings. The molecule has 2 rings (SSSR count). The van der Waals surface area contributed by atoms with Gasteiger partial charge in [0, 0.05) is 5.56 Å². The lowest BCUT2D eigenvalue weighted by Gasteiger charge is -2.30. The Morgan fingerprint density at radius 3 is 2.57 bits per heavy atom. The second kappa shape index (κ2) is 7.40. The Kier molecular flexibility index (Phi) is 5.53. The fraction of sp³-hybridized carbons (Fsp3) is 0.444. The summed E-state index contributed by atoms with van der Waals surface area (Å²) in [5, 5.41) is 11.9. The molecule has 0 heterocycles. The van der Waals surface area contributed by atoms with Crippen LogP contribution in [0.25, 0.3) is 0 Å². The first-order valence-corrected chi connectivity index (χ1v) is 7.91. The van der Waals surface area contributed by atoms with Gasteiger partial charge in [-0.1, -0.05) is 37.1 Å². The van der Waals surface area contributed by atoms with Crippen molar-refractivity contribution in [2.75, 3.05) is 0 Å². The highest BCUT2D eigenvalue weighted by molar-refractivity contribution is 5.91. The highest BCUT2D eigenvalue weighted by Gasteiger charge is 2.45. The lowest BCUT2D eigenvalue weighted by molar-refractivity contribution is -0.143. The normalized spacial score (nSPS) is 17.4. The van der Waals surface area contributed by atoms with E-state index in [0.29, 0.717) is 24.8 Å². The lowest BCUT2D eigenvalue weighted by Crippen LogP contribution is -2.50. The molecule has 1 amide bonds. The van der Waals surface area contributed by atoms with E-state index in [2.05, 4.69) is 11.9 Å². The molecule has 4 nitrogen and oxygen atoms in total. The predicted molar refractivity (Wildman–Crippen MR) is 85.5 cm³/mol. The highest BCUT2D eigenvalue weighted by Crippen LogP contribution is 2.42. The molecule has 1 aromatic carbocycles. The first-order valence-electron chi connectivity index (χ1n) is 7.91. The standard InChI is InChI=1S/C18H22FNO3/c1-2-3-10-15(16(21)22)20-17(23)18(11-6-7-12-18)13-8-4-5-9-14(13)19/h2,4-5,8-9,15H,1,3,6-7,10-12H2,(H,20,23)(H,21,22). The lowest BCUT2D eigenvalue weighted by atomic mass is 9.77. The highest BCUT2D eigenvalue weighted by atomic mass is 19.1. The second-order valence-electron chi connectivity index (χ2n) is 6.00. The summed E-state index contributed by atoms with van der Waals surface area (Å²) in [6.45, 7) is 3.57. The van der Waals surface area contributed by atoms with Crippen molar-refractivity contribution in [3.05, 3.63) is 48.3 Å². The number of hydrogen-bond acceptors (Lipinski definition) is 2. The fourth-order valence-corrected chi connectivity index (χ4v) is 3.28.